The number of carbonyl (C=O) groups is 1. The molecule has 1 aromatic heterocycles. The van der Waals surface area contributed by atoms with E-state index < -0.39 is 0 Å². The summed E-state index contributed by atoms with van der Waals surface area (Å²) >= 11 is 10.8. The molecule has 1 amide bonds. The average molecular weight is 332 g/mol. The minimum absolute atomic E-state index is 0.190. The Morgan fingerprint density at radius 2 is 2.35 bits per heavy atom. The van der Waals surface area contributed by atoms with Crippen molar-refractivity contribution >= 4 is 44.8 Å². The van der Waals surface area contributed by atoms with Crippen LogP contribution in [0.2, 0.25) is 5.02 Å². The van der Waals surface area contributed by atoms with Gasteiger partial charge >= 0.3 is 0 Å². The predicted molar refractivity (Wildman–Crippen MR) is 72.4 cm³/mol. The molecular weight excluding hydrogens is 324 g/mol. The lowest BCUT2D eigenvalue weighted by Gasteiger charge is -2.05. The lowest BCUT2D eigenvalue weighted by Crippen LogP contribution is -2.22. The van der Waals surface area contributed by atoms with Crippen LogP contribution in [-0.2, 0) is 6.54 Å². The molecule has 0 saturated heterocycles. The van der Waals surface area contributed by atoms with E-state index in [2.05, 4.69) is 26.2 Å². The van der Waals surface area contributed by atoms with Crippen LogP contribution in [0.4, 0.5) is 0 Å². The average Bonchev–Trinajstić information content (AvgIpc) is 2.82. The standard InChI is InChI=1S/C11H8BrClN2OS/c12-7-1-2-10(13)9(3-7)11(16)15-5-8-4-14-6-17-8/h1-4,6H,5H2,(H,15,16). The normalized spacial score (nSPS) is 10.2. The number of nitrogens with one attached hydrogen (secondary N) is 1. The Bertz CT molecular complexity index is 530. The van der Waals surface area contributed by atoms with Crippen LogP contribution in [-0.4, -0.2) is 10.9 Å². The molecule has 0 atom stereocenters. The zero-order chi connectivity index (χ0) is 12.3. The predicted octanol–water partition coefficient (Wildman–Crippen LogP) is 3.49. The molecule has 0 bridgehead atoms. The summed E-state index contributed by atoms with van der Waals surface area (Å²) in [5.74, 6) is -0.190. The first-order valence-corrected chi connectivity index (χ1v) is 6.82. The summed E-state index contributed by atoms with van der Waals surface area (Å²) in [5, 5.41) is 3.24. The molecule has 2 aromatic rings. The molecule has 0 spiro atoms. The van der Waals surface area contributed by atoms with E-state index >= 15 is 0 Å². The zero-order valence-electron chi connectivity index (χ0n) is 8.61. The van der Waals surface area contributed by atoms with Gasteiger partial charge in [0.15, 0.2) is 0 Å². The van der Waals surface area contributed by atoms with Crippen molar-refractivity contribution < 1.29 is 4.79 Å². The third kappa shape index (κ3) is 3.28. The Morgan fingerprint density at radius 1 is 1.53 bits per heavy atom. The molecule has 0 saturated carbocycles. The van der Waals surface area contributed by atoms with Crippen molar-refractivity contribution in [3.63, 3.8) is 0 Å². The Labute approximate surface area is 116 Å². The fourth-order valence-corrected chi connectivity index (χ4v) is 2.36. The highest BCUT2D eigenvalue weighted by atomic mass is 79.9. The maximum atomic E-state index is 11.9. The molecule has 1 N–H and O–H groups in total. The van der Waals surface area contributed by atoms with E-state index in [1.807, 2.05) is 0 Å². The first kappa shape index (κ1) is 12.5. The van der Waals surface area contributed by atoms with Crippen LogP contribution < -0.4 is 5.32 Å². The summed E-state index contributed by atoms with van der Waals surface area (Å²) in [6.07, 6.45) is 1.73. The van der Waals surface area contributed by atoms with Crippen LogP contribution in [0.25, 0.3) is 0 Å². The van der Waals surface area contributed by atoms with Gasteiger partial charge in [0.1, 0.15) is 0 Å². The highest BCUT2D eigenvalue weighted by molar-refractivity contribution is 9.10. The minimum Gasteiger partial charge on any atom is -0.347 e. The number of amides is 1. The van der Waals surface area contributed by atoms with Gasteiger partial charge in [-0.1, -0.05) is 27.5 Å². The summed E-state index contributed by atoms with van der Waals surface area (Å²) in [4.78, 5) is 16.8. The van der Waals surface area contributed by atoms with Crippen LogP contribution in [0.3, 0.4) is 0 Å². The lowest BCUT2D eigenvalue weighted by molar-refractivity contribution is 0.0951. The molecule has 1 heterocycles. The van der Waals surface area contributed by atoms with Gasteiger partial charge in [-0.15, -0.1) is 11.3 Å². The summed E-state index contributed by atoms with van der Waals surface area (Å²) in [6.45, 7) is 0.465. The Morgan fingerprint density at radius 3 is 3.06 bits per heavy atom. The third-order valence-corrected chi connectivity index (χ3v) is 3.68. The van der Waals surface area contributed by atoms with E-state index in [1.54, 1.807) is 29.9 Å². The molecule has 17 heavy (non-hydrogen) atoms. The van der Waals surface area contributed by atoms with Crippen molar-refractivity contribution in [1.29, 1.82) is 0 Å². The van der Waals surface area contributed by atoms with E-state index in [1.165, 1.54) is 11.3 Å². The van der Waals surface area contributed by atoms with Gasteiger partial charge in [0.05, 0.1) is 22.6 Å². The van der Waals surface area contributed by atoms with Gasteiger partial charge in [-0.05, 0) is 18.2 Å². The molecule has 6 heteroatoms. The van der Waals surface area contributed by atoms with Crippen LogP contribution in [0, 0.1) is 0 Å². The number of benzene rings is 1. The molecule has 0 aliphatic rings. The number of nitrogens with zero attached hydrogens (tertiary/aromatic N) is 1. The minimum atomic E-state index is -0.190. The van der Waals surface area contributed by atoms with Crippen LogP contribution in [0.1, 0.15) is 15.2 Å². The van der Waals surface area contributed by atoms with E-state index in [-0.39, 0.29) is 5.91 Å². The van der Waals surface area contributed by atoms with Gasteiger partial charge in [-0.2, -0.15) is 0 Å². The fourth-order valence-electron chi connectivity index (χ4n) is 1.26. The van der Waals surface area contributed by atoms with Crippen molar-refractivity contribution in [3.8, 4) is 0 Å². The monoisotopic (exact) mass is 330 g/mol. The Kier molecular flexibility index (Phi) is 4.15. The largest absolute Gasteiger partial charge is 0.347 e. The third-order valence-electron chi connectivity index (χ3n) is 2.08. The van der Waals surface area contributed by atoms with Gasteiger partial charge in [-0.25, -0.2) is 0 Å². The Hall–Kier alpha value is -0.910. The smallest absolute Gasteiger partial charge is 0.253 e. The van der Waals surface area contributed by atoms with E-state index in [9.17, 15) is 4.79 Å². The van der Waals surface area contributed by atoms with Crippen LogP contribution in [0.15, 0.2) is 34.4 Å². The molecule has 3 nitrogen and oxygen atoms in total. The van der Waals surface area contributed by atoms with E-state index in [0.717, 1.165) is 9.35 Å². The molecule has 0 unspecified atom stereocenters. The zero-order valence-corrected chi connectivity index (χ0v) is 11.8. The van der Waals surface area contributed by atoms with Crippen molar-refractivity contribution in [2.45, 2.75) is 6.54 Å². The molecule has 1 aromatic carbocycles. The number of rotatable bonds is 3. The fraction of sp³-hybridized carbons (Fsp3) is 0.0909. The molecule has 0 radical (unpaired) electrons. The second kappa shape index (κ2) is 5.62. The first-order chi connectivity index (χ1) is 8.16. The molecule has 0 aliphatic heterocycles. The quantitative estimate of drug-likeness (QED) is 0.935. The SMILES string of the molecule is O=C(NCc1cncs1)c1cc(Br)ccc1Cl. The summed E-state index contributed by atoms with van der Waals surface area (Å²) in [5.41, 5.74) is 2.19. The van der Waals surface area contributed by atoms with Crippen LogP contribution in [0.5, 0.6) is 0 Å². The van der Waals surface area contributed by atoms with Gasteiger partial charge in [0, 0.05) is 15.5 Å². The topological polar surface area (TPSA) is 42.0 Å². The van der Waals surface area contributed by atoms with Crippen molar-refractivity contribution in [1.82, 2.24) is 10.3 Å². The van der Waals surface area contributed by atoms with Crippen molar-refractivity contribution in [2.75, 3.05) is 0 Å². The molecule has 0 aliphatic carbocycles. The number of halogens is 2. The lowest BCUT2D eigenvalue weighted by atomic mass is 10.2. The highest BCUT2D eigenvalue weighted by Gasteiger charge is 2.10. The molecular formula is C11H8BrClN2OS. The number of aromatic nitrogens is 1. The van der Waals surface area contributed by atoms with E-state index in [4.69, 9.17) is 11.6 Å². The summed E-state index contributed by atoms with van der Waals surface area (Å²) in [6, 6.07) is 5.18. The molecule has 0 fully saturated rings. The maximum absolute atomic E-state index is 11.9. The van der Waals surface area contributed by atoms with Gasteiger partial charge in [0.25, 0.3) is 5.91 Å². The number of hydrogen-bond acceptors (Lipinski definition) is 3. The maximum Gasteiger partial charge on any atom is 0.253 e. The Balaban J connectivity index is 2.07. The van der Waals surface area contributed by atoms with Gasteiger partial charge in [0.2, 0.25) is 0 Å². The van der Waals surface area contributed by atoms with Crippen molar-refractivity contribution in [3.05, 3.63) is 49.8 Å². The van der Waals surface area contributed by atoms with E-state index in [0.29, 0.717) is 17.1 Å². The van der Waals surface area contributed by atoms with Crippen molar-refractivity contribution in [2.24, 2.45) is 0 Å². The number of hydrogen-bond donors (Lipinski definition) is 1. The van der Waals surface area contributed by atoms with Crippen LogP contribution >= 0.6 is 38.9 Å². The summed E-state index contributed by atoms with van der Waals surface area (Å²) in [7, 11) is 0. The van der Waals surface area contributed by atoms with Gasteiger partial charge in [-0.3, -0.25) is 9.78 Å². The number of carbonyl (C=O) groups excluding carboxylic acids is 1. The first-order valence-electron chi connectivity index (χ1n) is 4.77. The van der Waals surface area contributed by atoms with Gasteiger partial charge < -0.3 is 5.32 Å². The second-order valence-electron chi connectivity index (χ2n) is 3.27. The second-order valence-corrected chi connectivity index (χ2v) is 5.57. The molecule has 88 valence electrons. The number of thiazole rings is 1. The highest BCUT2D eigenvalue weighted by Crippen LogP contribution is 2.21. The molecule has 2 rings (SSSR count). The summed E-state index contributed by atoms with van der Waals surface area (Å²) < 4.78 is 0.824.